The number of hydrogen-bond donors (Lipinski definition) is 0. The predicted octanol–water partition coefficient (Wildman–Crippen LogP) is 4.24. The Kier molecular flexibility index (Phi) is 8.29. The SMILES string of the molecule is C=C(C)C(=O)OCCc1ccc(C(=O)c2ccc(CCOC(=O)C(=C)C)cc2)cc1. The molecule has 0 aliphatic heterocycles. The summed E-state index contributed by atoms with van der Waals surface area (Å²) in [5, 5.41) is 0. The van der Waals surface area contributed by atoms with Crippen LogP contribution in [0, 0.1) is 0 Å². The highest BCUT2D eigenvalue weighted by atomic mass is 16.5. The van der Waals surface area contributed by atoms with Gasteiger partial charge in [-0.1, -0.05) is 61.7 Å². The first kappa shape index (κ1) is 22.8. The molecule has 0 heterocycles. The number of carbonyl (C=O) groups is 3. The molecule has 0 unspecified atom stereocenters. The van der Waals surface area contributed by atoms with Crippen molar-refractivity contribution in [1.29, 1.82) is 0 Å². The van der Waals surface area contributed by atoms with Crippen molar-refractivity contribution in [2.45, 2.75) is 26.7 Å². The Morgan fingerprint density at radius 2 is 1.00 bits per heavy atom. The van der Waals surface area contributed by atoms with Gasteiger partial charge in [0, 0.05) is 35.1 Å². The van der Waals surface area contributed by atoms with Crippen molar-refractivity contribution >= 4 is 17.7 Å². The van der Waals surface area contributed by atoms with E-state index in [1.807, 2.05) is 24.3 Å². The van der Waals surface area contributed by atoms with Crippen molar-refractivity contribution in [3.05, 3.63) is 95.1 Å². The molecule has 0 saturated heterocycles. The molecule has 5 nitrogen and oxygen atoms in total. The summed E-state index contributed by atoms with van der Waals surface area (Å²) in [6.07, 6.45) is 1.14. The molecule has 0 atom stereocenters. The maximum atomic E-state index is 12.7. The highest BCUT2D eigenvalue weighted by Gasteiger charge is 2.10. The number of benzene rings is 2. The Hall–Kier alpha value is -3.47. The summed E-state index contributed by atoms with van der Waals surface area (Å²) >= 11 is 0. The van der Waals surface area contributed by atoms with Crippen LogP contribution in [-0.2, 0) is 31.9 Å². The highest BCUT2D eigenvalue weighted by Crippen LogP contribution is 2.13. The number of esters is 2. The number of carbonyl (C=O) groups excluding carboxylic acids is 3. The molecule has 0 bridgehead atoms. The van der Waals surface area contributed by atoms with Gasteiger partial charge in [0.05, 0.1) is 13.2 Å². The smallest absolute Gasteiger partial charge is 0.333 e. The van der Waals surface area contributed by atoms with Gasteiger partial charge in [-0.25, -0.2) is 9.59 Å². The minimum absolute atomic E-state index is 0.0736. The summed E-state index contributed by atoms with van der Waals surface area (Å²) in [7, 11) is 0. The third kappa shape index (κ3) is 6.85. The molecule has 0 amide bonds. The average molecular weight is 406 g/mol. The second kappa shape index (κ2) is 10.9. The first-order chi connectivity index (χ1) is 14.3. The second-order valence-electron chi connectivity index (χ2n) is 7.06. The lowest BCUT2D eigenvalue weighted by Gasteiger charge is -2.07. The third-order valence-electron chi connectivity index (χ3n) is 4.38. The molecule has 0 spiro atoms. The molecule has 156 valence electrons. The molecule has 0 aliphatic carbocycles. The quantitative estimate of drug-likeness (QED) is 0.335. The molecule has 2 aromatic carbocycles. The molecule has 0 fully saturated rings. The van der Waals surface area contributed by atoms with Gasteiger partial charge in [0.1, 0.15) is 0 Å². The molecule has 0 aromatic heterocycles. The second-order valence-corrected chi connectivity index (χ2v) is 7.06. The molecule has 0 aliphatic rings. The largest absolute Gasteiger partial charge is 0.462 e. The topological polar surface area (TPSA) is 69.7 Å². The molecule has 30 heavy (non-hydrogen) atoms. The van der Waals surface area contributed by atoms with Crippen molar-refractivity contribution in [3.8, 4) is 0 Å². The van der Waals surface area contributed by atoms with Gasteiger partial charge in [-0.05, 0) is 25.0 Å². The van der Waals surface area contributed by atoms with Crippen molar-refractivity contribution in [1.82, 2.24) is 0 Å². The van der Waals surface area contributed by atoms with Crippen molar-refractivity contribution in [3.63, 3.8) is 0 Å². The highest BCUT2D eigenvalue weighted by molar-refractivity contribution is 6.09. The maximum Gasteiger partial charge on any atom is 0.333 e. The zero-order valence-corrected chi connectivity index (χ0v) is 17.4. The molecule has 2 aromatic rings. The van der Waals surface area contributed by atoms with E-state index in [1.165, 1.54) is 0 Å². The van der Waals surface area contributed by atoms with Gasteiger partial charge in [0.2, 0.25) is 0 Å². The van der Waals surface area contributed by atoms with Gasteiger partial charge in [-0.3, -0.25) is 4.79 Å². The summed E-state index contributed by atoms with van der Waals surface area (Å²) in [5.41, 5.74) is 3.85. The van der Waals surface area contributed by atoms with Crippen molar-refractivity contribution in [2.75, 3.05) is 13.2 Å². The lowest BCUT2D eigenvalue weighted by atomic mass is 10.00. The normalized spacial score (nSPS) is 10.2. The van der Waals surface area contributed by atoms with Crippen LogP contribution in [0.1, 0.15) is 40.9 Å². The Labute approximate surface area is 177 Å². The van der Waals surface area contributed by atoms with Crippen molar-refractivity contribution < 1.29 is 23.9 Å². The summed E-state index contributed by atoms with van der Waals surface area (Å²) in [5.74, 6) is -0.881. The first-order valence-electron chi connectivity index (χ1n) is 9.65. The zero-order chi connectivity index (χ0) is 22.1. The molecule has 0 N–H and O–H groups in total. The number of ketones is 1. The van der Waals surface area contributed by atoms with E-state index in [0.29, 0.717) is 35.1 Å². The van der Waals surface area contributed by atoms with E-state index in [0.717, 1.165) is 11.1 Å². The van der Waals surface area contributed by atoms with E-state index in [-0.39, 0.29) is 19.0 Å². The fourth-order valence-corrected chi connectivity index (χ4v) is 2.58. The Balaban J connectivity index is 1.88. The zero-order valence-electron chi connectivity index (χ0n) is 17.4. The van der Waals surface area contributed by atoms with Gasteiger partial charge in [-0.2, -0.15) is 0 Å². The van der Waals surface area contributed by atoms with Gasteiger partial charge < -0.3 is 9.47 Å². The van der Waals surface area contributed by atoms with E-state index in [1.54, 1.807) is 38.1 Å². The fraction of sp³-hybridized carbons (Fsp3) is 0.240. The summed E-state index contributed by atoms with van der Waals surface area (Å²) in [6, 6.07) is 14.5. The summed E-state index contributed by atoms with van der Waals surface area (Å²) in [6.45, 7) is 10.8. The van der Waals surface area contributed by atoms with Gasteiger partial charge in [0.15, 0.2) is 5.78 Å². The minimum atomic E-state index is -0.403. The van der Waals surface area contributed by atoms with Gasteiger partial charge in [0.25, 0.3) is 0 Å². The van der Waals surface area contributed by atoms with Crippen LogP contribution in [0.2, 0.25) is 0 Å². The molecule has 5 heteroatoms. The van der Waals surface area contributed by atoms with Crippen molar-refractivity contribution in [2.24, 2.45) is 0 Å². The molecule has 2 rings (SSSR count). The molecule has 0 saturated carbocycles. The van der Waals surface area contributed by atoms with Crippen LogP contribution in [0.25, 0.3) is 0 Å². The fourth-order valence-electron chi connectivity index (χ4n) is 2.58. The molecular formula is C25H26O5. The Morgan fingerprint density at radius 1 is 0.667 bits per heavy atom. The van der Waals surface area contributed by atoms with E-state index in [9.17, 15) is 14.4 Å². The van der Waals surface area contributed by atoms with Crippen LogP contribution in [0.15, 0.2) is 72.8 Å². The third-order valence-corrected chi connectivity index (χ3v) is 4.38. The summed E-state index contributed by atoms with van der Waals surface area (Å²) in [4.78, 5) is 35.4. The van der Waals surface area contributed by atoms with Crippen LogP contribution < -0.4 is 0 Å². The number of rotatable bonds is 10. The van der Waals surface area contributed by atoms with Crippen LogP contribution in [0.3, 0.4) is 0 Å². The predicted molar refractivity (Wildman–Crippen MR) is 115 cm³/mol. The van der Waals surface area contributed by atoms with Crippen LogP contribution >= 0.6 is 0 Å². The van der Waals surface area contributed by atoms with E-state index in [2.05, 4.69) is 13.2 Å². The number of hydrogen-bond acceptors (Lipinski definition) is 5. The molecule has 0 radical (unpaired) electrons. The van der Waals surface area contributed by atoms with E-state index in [4.69, 9.17) is 9.47 Å². The minimum Gasteiger partial charge on any atom is -0.462 e. The van der Waals surface area contributed by atoms with Crippen LogP contribution in [0.5, 0.6) is 0 Å². The van der Waals surface area contributed by atoms with Crippen LogP contribution in [0.4, 0.5) is 0 Å². The van der Waals surface area contributed by atoms with Gasteiger partial charge >= 0.3 is 11.9 Å². The Morgan fingerprint density at radius 3 is 1.30 bits per heavy atom. The summed E-state index contributed by atoms with van der Waals surface area (Å²) < 4.78 is 10.2. The van der Waals surface area contributed by atoms with Crippen LogP contribution in [-0.4, -0.2) is 30.9 Å². The standard InChI is InChI=1S/C25H26O5/c1-17(2)24(27)29-15-13-19-5-9-21(10-6-19)23(26)22-11-7-20(8-12-22)14-16-30-25(28)18(3)4/h5-12H,1,3,13-16H2,2,4H3. The lowest BCUT2D eigenvalue weighted by Crippen LogP contribution is -2.08. The van der Waals surface area contributed by atoms with E-state index >= 15 is 0 Å². The number of ether oxygens (including phenoxy) is 2. The Bertz CT molecular complexity index is 859. The maximum absolute atomic E-state index is 12.7. The molecular weight excluding hydrogens is 380 g/mol. The van der Waals surface area contributed by atoms with E-state index < -0.39 is 11.9 Å². The van der Waals surface area contributed by atoms with Gasteiger partial charge in [-0.15, -0.1) is 0 Å². The average Bonchev–Trinajstić information content (AvgIpc) is 2.74. The lowest BCUT2D eigenvalue weighted by molar-refractivity contribution is -0.139. The monoisotopic (exact) mass is 406 g/mol. The first-order valence-corrected chi connectivity index (χ1v) is 9.65.